The number of hydrogen-bond acceptors (Lipinski definition) is 5. The second-order valence-electron chi connectivity index (χ2n) is 2.69. The number of rotatable bonds is 2. The van der Waals surface area contributed by atoms with Crippen LogP contribution in [0.5, 0.6) is 11.6 Å². The highest BCUT2D eigenvalue weighted by Gasteiger charge is 2.04. The summed E-state index contributed by atoms with van der Waals surface area (Å²) in [5.41, 5.74) is 5.58. The first-order chi connectivity index (χ1) is 7.25. The van der Waals surface area contributed by atoms with E-state index in [1.807, 2.05) is 0 Å². The Hall–Kier alpha value is -1.69. The smallest absolute Gasteiger partial charge is 0.262 e. The number of halogens is 1. The summed E-state index contributed by atoms with van der Waals surface area (Å²) in [5.74, 6) is 1.08. The third-order valence-electron chi connectivity index (χ3n) is 1.59. The topological polar surface area (TPSA) is 73.9 Å². The van der Waals surface area contributed by atoms with Gasteiger partial charge in [0.25, 0.3) is 5.88 Å². The molecule has 0 aromatic carbocycles. The van der Waals surface area contributed by atoms with Crippen LogP contribution in [-0.4, -0.2) is 15.0 Å². The van der Waals surface area contributed by atoms with E-state index in [9.17, 15) is 0 Å². The van der Waals surface area contributed by atoms with Crippen LogP contribution in [-0.2, 0) is 0 Å². The van der Waals surface area contributed by atoms with Gasteiger partial charge in [0.05, 0.1) is 6.20 Å². The fraction of sp³-hybridized carbons (Fsp3) is 0. The number of aromatic nitrogens is 3. The number of nitrogens with two attached hydrogens (primary N) is 1. The van der Waals surface area contributed by atoms with Gasteiger partial charge >= 0.3 is 0 Å². The van der Waals surface area contributed by atoms with Crippen LogP contribution in [0.15, 0.2) is 35.3 Å². The zero-order valence-corrected chi connectivity index (χ0v) is 9.18. The molecule has 0 fully saturated rings. The molecule has 0 aliphatic heterocycles. The minimum atomic E-state index is 0.248. The summed E-state index contributed by atoms with van der Waals surface area (Å²) in [4.78, 5) is 11.8. The lowest BCUT2D eigenvalue weighted by Gasteiger charge is -2.05. The lowest BCUT2D eigenvalue weighted by molar-refractivity contribution is 0.461. The molecule has 15 heavy (non-hydrogen) atoms. The first-order valence-corrected chi connectivity index (χ1v) is 4.90. The maximum Gasteiger partial charge on any atom is 0.262 e. The van der Waals surface area contributed by atoms with Gasteiger partial charge in [-0.15, -0.1) is 0 Å². The molecule has 5 nitrogen and oxygen atoms in total. The molecular weight excluding hydrogens is 260 g/mol. The van der Waals surface area contributed by atoms with E-state index in [-0.39, 0.29) is 11.7 Å². The van der Waals surface area contributed by atoms with Crippen molar-refractivity contribution in [3.8, 4) is 11.6 Å². The molecule has 6 heteroatoms. The predicted octanol–water partition coefficient (Wildman–Crippen LogP) is 2.01. The Balaban J connectivity index is 2.26. The van der Waals surface area contributed by atoms with Gasteiger partial charge in [-0.3, -0.25) is 4.98 Å². The van der Waals surface area contributed by atoms with Crippen LogP contribution in [0.3, 0.4) is 0 Å². The zero-order valence-electron chi connectivity index (χ0n) is 7.59. The Kier molecular flexibility index (Phi) is 2.77. The Morgan fingerprint density at radius 1 is 1.20 bits per heavy atom. The van der Waals surface area contributed by atoms with Gasteiger partial charge in [0, 0.05) is 23.1 Å². The highest BCUT2D eigenvalue weighted by molar-refractivity contribution is 9.10. The Morgan fingerprint density at radius 3 is 2.73 bits per heavy atom. The van der Waals surface area contributed by atoms with Gasteiger partial charge in [-0.1, -0.05) is 0 Å². The molecule has 2 rings (SSSR count). The number of ether oxygens (including phenoxy) is 1. The van der Waals surface area contributed by atoms with Crippen LogP contribution < -0.4 is 10.5 Å². The van der Waals surface area contributed by atoms with Crippen LogP contribution in [0.4, 0.5) is 5.82 Å². The molecule has 76 valence electrons. The molecule has 0 aliphatic rings. The molecule has 0 saturated heterocycles. The van der Waals surface area contributed by atoms with E-state index >= 15 is 0 Å². The van der Waals surface area contributed by atoms with E-state index in [1.54, 1.807) is 18.5 Å². The average molecular weight is 267 g/mol. The lowest BCUT2D eigenvalue weighted by Crippen LogP contribution is -1.97. The van der Waals surface area contributed by atoms with Gasteiger partial charge in [-0.05, 0) is 22.0 Å². The summed E-state index contributed by atoms with van der Waals surface area (Å²) in [6.07, 6.45) is 6.24. The van der Waals surface area contributed by atoms with E-state index in [0.717, 1.165) is 4.47 Å². The molecule has 2 aromatic heterocycles. The van der Waals surface area contributed by atoms with Crippen molar-refractivity contribution >= 4 is 21.7 Å². The fourth-order valence-electron chi connectivity index (χ4n) is 0.974. The maximum atomic E-state index is 5.58. The molecule has 0 amide bonds. The van der Waals surface area contributed by atoms with Crippen LogP contribution in [0.1, 0.15) is 0 Å². The minimum Gasteiger partial charge on any atom is -0.434 e. The second kappa shape index (κ2) is 4.22. The van der Waals surface area contributed by atoms with Crippen LogP contribution >= 0.6 is 15.9 Å². The molecule has 0 atom stereocenters. The van der Waals surface area contributed by atoms with Gasteiger partial charge in [-0.2, -0.15) is 0 Å². The third kappa shape index (κ3) is 2.41. The normalized spacial score (nSPS) is 9.93. The summed E-state index contributed by atoms with van der Waals surface area (Å²) in [7, 11) is 0. The Morgan fingerprint density at radius 2 is 2.00 bits per heavy atom. The second-order valence-corrected chi connectivity index (χ2v) is 3.60. The maximum absolute atomic E-state index is 5.58. The number of nitrogen functional groups attached to an aromatic ring is 1. The van der Waals surface area contributed by atoms with E-state index in [2.05, 4.69) is 30.9 Å². The Bertz CT molecular complexity index is 477. The SMILES string of the molecule is Nc1nccnc1Oc1cncc(Br)c1. The van der Waals surface area contributed by atoms with Crippen LogP contribution in [0, 0.1) is 0 Å². The number of pyridine rings is 1. The Labute approximate surface area is 94.5 Å². The summed E-state index contributed by atoms with van der Waals surface area (Å²) in [6.45, 7) is 0. The van der Waals surface area contributed by atoms with Crippen molar-refractivity contribution in [3.05, 3.63) is 35.3 Å². The third-order valence-corrected chi connectivity index (χ3v) is 2.02. The molecule has 0 unspecified atom stereocenters. The minimum absolute atomic E-state index is 0.248. The van der Waals surface area contributed by atoms with Crippen molar-refractivity contribution in [1.29, 1.82) is 0 Å². The number of hydrogen-bond donors (Lipinski definition) is 1. The van der Waals surface area contributed by atoms with Gasteiger partial charge in [0.15, 0.2) is 5.82 Å². The molecule has 0 spiro atoms. The van der Waals surface area contributed by atoms with E-state index < -0.39 is 0 Å². The molecule has 0 saturated carbocycles. The van der Waals surface area contributed by atoms with Crippen molar-refractivity contribution in [2.75, 3.05) is 5.73 Å². The molecule has 2 heterocycles. The summed E-state index contributed by atoms with van der Waals surface area (Å²) in [5, 5.41) is 0. The summed E-state index contributed by atoms with van der Waals surface area (Å²) < 4.78 is 6.22. The summed E-state index contributed by atoms with van der Waals surface area (Å²) >= 11 is 3.28. The average Bonchev–Trinajstić information content (AvgIpc) is 2.22. The number of nitrogens with zero attached hydrogens (tertiary/aromatic N) is 3. The zero-order chi connectivity index (χ0) is 10.7. The van der Waals surface area contributed by atoms with Gasteiger partial charge < -0.3 is 10.5 Å². The molecule has 2 aromatic rings. The van der Waals surface area contributed by atoms with Crippen molar-refractivity contribution < 1.29 is 4.74 Å². The van der Waals surface area contributed by atoms with Crippen molar-refractivity contribution in [1.82, 2.24) is 15.0 Å². The van der Waals surface area contributed by atoms with E-state index in [4.69, 9.17) is 10.5 Å². The van der Waals surface area contributed by atoms with Crippen LogP contribution in [0.2, 0.25) is 0 Å². The standard InChI is InChI=1S/C9H7BrN4O/c10-6-3-7(5-12-4-6)15-9-8(11)13-1-2-14-9/h1-5H,(H2,11,13). The number of anilines is 1. The molecular formula is C9H7BrN4O. The van der Waals surface area contributed by atoms with Crippen molar-refractivity contribution in [2.45, 2.75) is 0 Å². The van der Waals surface area contributed by atoms with Crippen molar-refractivity contribution in [3.63, 3.8) is 0 Å². The lowest BCUT2D eigenvalue weighted by atomic mass is 10.5. The molecule has 0 aliphatic carbocycles. The van der Waals surface area contributed by atoms with Gasteiger partial charge in [-0.25, -0.2) is 9.97 Å². The fourth-order valence-corrected chi connectivity index (χ4v) is 1.32. The molecule has 2 N–H and O–H groups in total. The molecule has 0 radical (unpaired) electrons. The van der Waals surface area contributed by atoms with Crippen molar-refractivity contribution in [2.24, 2.45) is 0 Å². The largest absolute Gasteiger partial charge is 0.434 e. The first kappa shape index (κ1) is 9.85. The first-order valence-electron chi connectivity index (χ1n) is 4.10. The molecule has 0 bridgehead atoms. The quantitative estimate of drug-likeness (QED) is 0.900. The van der Waals surface area contributed by atoms with Gasteiger partial charge in [0.2, 0.25) is 0 Å². The highest BCUT2D eigenvalue weighted by atomic mass is 79.9. The summed E-state index contributed by atoms with van der Waals surface area (Å²) in [6, 6.07) is 1.76. The van der Waals surface area contributed by atoms with Crippen LogP contribution in [0.25, 0.3) is 0 Å². The van der Waals surface area contributed by atoms with E-state index in [0.29, 0.717) is 5.75 Å². The monoisotopic (exact) mass is 266 g/mol. The van der Waals surface area contributed by atoms with E-state index in [1.165, 1.54) is 12.4 Å². The highest BCUT2D eigenvalue weighted by Crippen LogP contribution is 2.24. The van der Waals surface area contributed by atoms with Gasteiger partial charge in [0.1, 0.15) is 5.75 Å². The predicted molar refractivity (Wildman–Crippen MR) is 58.5 cm³/mol.